The average Bonchev–Trinajstić information content (AvgIpc) is 2.84. The van der Waals surface area contributed by atoms with Crippen LogP contribution in [-0.4, -0.2) is 40.9 Å². The van der Waals surface area contributed by atoms with Crippen LogP contribution in [0.15, 0.2) is 24.3 Å². The summed E-state index contributed by atoms with van der Waals surface area (Å²) in [6, 6.07) is 6.99. The van der Waals surface area contributed by atoms with Gasteiger partial charge in [0.25, 0.3) is 5.97 Å². The molecule has 184 valence electrons. The molecule has 6 heteroatoms. The van der Waals surface area contributed by atoms with Crippen molar-refractivity contribution in [2.75, 3.05) is 0 Å². The number of para-hydroxylation sites is 1. The van der Waals surface area contributed by atoms with Crippen LogP contribution >= 0.6 is 0 Å². The summed E-state index contributed by atoms with van der Waals surface area (Å²) >= 11 is -3.34. The number of rotatable bonds is 5. The molecule has 0 radical (unpaired) electrons. The number of carbonyl (C=O) groups excluding carboxylic acids is 1. The monoisotopic (exact) mass is 566 g/mol. The number of carboxylic acids is 1. The normalized spacial score (nSPS) is 21.0. The number of phenols is 1. The Balaban J connectivity index is 0.000000709. The van der Waals surface area contributed by atoms with Gasteiger partial charge in [0.15, 0.2) is 0 Å². The number of phenolic OH excluding ortho intramolecular Hbond substituents is 1. The Morgan fingerprint density at radius 2 is 1.12 bits per heavy atom. The predicted molar refractivity (Wildman–Crippen MR) is 133 cm³/mol. The molecule has 1 aromatic carbocycles. The Morgan fingerprint density at radius 3 is 1.48 bits per heavy atom. The van der Waals surface area contributed by atoms with Gasteiger partial charge in [-0.25, -0.2) is 0 Å². The number of hydrogen-bond acceptors (Lipinski definition) is 4. The number of aliphatic carboxylic acids is 1. The molecule has 0 amide bonds. The molecule has 3 fully saturated rings. The van der Waals surface area contributed by atoms with E-state index in [9.17, 15) is 9.90 Å². The molecule has 3 aliphatic rings. The summed E-state index contributed by atoms with van der Waals surface area (Å²) in [5, 5.41) is 17.7. The molecular weight excluding hydrogens is 523 g/mol. The Kier molecular flexibility index (Phi) is 10.4. The second kappa shape index (κ2) is 13.0. The molecular formula is C27H42O5Sn. The summed E-state index contributed by atoms with van der Waals surface area (Å²) in [6.07, 6.45) is 19.7. The van der Waals surface area contributed by atoms with E-state index in [1.165, 1.54) is 96.3 Å². The molecule has 0 unspecified atom stereocenters. The third-order valence-electron chi connectivity index (χ3n) is 8.12. The first kappa shape index (κ1) is 26.4. The van der Waals surface area contributed by atoms with E-state index in [1.54, 1.807) is 18.2 Å². The quantitative estimate of drug-likeness (QED) is 0.360. The molecule has 0 atom stereocenters. The number of carboxylic acid groups (broad SMARTS) is 1. The third-order valence-corrected chi connectivity index (χ3v) is 25.5. The maximum absolute atomic E-state index is 13.5. The molecule has 0 heterocycles. The third kappa shape index (κ3) is 6.89. The topological polar surface area (TPSA) is 83.8 Å². The molecule has 0 saturated heterocycles. The van der Waals surface area contributed by atoms with Crippen molar-refractivity contribution in [2.24, 2.45) is 0 Å². The van der Waals surface area contributed by atoms with E-state index < -0.39 is 24.8 Å². The van der Waals surface area contributed by atoms with Crippen LogP contribution in [0, 0.1) is 0 Å². The van der Waals surface area contributed by atoms with Gasteiger partial charge in [-0.1, -0.05) is 0 Å². The van der Waals surface area contributed by atoms with Crippen LogP contribution in [0.1, 0.15) is 114 Å². The first-order valence-electron chi connectivity index (χ1n) is 13.2. The van der Waals surface area contributed by atoms with Gasteiger partial charge in [0.2, 0.25) is 0 Å². The van der Waals surface area contributed by atoms with Gasteiger partial charge in [0, 0.05) is 6.92 Å². The summed E-state index contributed by atoms with van der Waals surface area (Å²) in [5.74, 6) is -0.964. The van der Waals surface area contributed by atoms with E-state index >= 15 is 0 Å². The van der Waals surface area contributed by atoms with Gasteiger partial charge in [-0.05, 0) is 0 Å². The van der Waals surface area contributed by atoms with E-state index in [0.29, 0.717) is 17.4 Å². The van der Waals surface area contributed by atoms with Gasteiger partial charge in [0.1, 0.15) is 0 Å². The van der Waals surface area contributed by atoms with Crippen LogP contribution in [0.3, 0.4) is 0 Å². The zero-order valence-electron chi connectivity index (χ0n) is 20.3. The van der Waals surface area contributed by atoms with Crippen molar-refractivity contribution >= 4 is 30.7 Å². The Bertz CT molecular complexity index is 712. The first-order valence-corrected chi connectivity index (χ1v) is 19.3. The second-order valence-corrected chi connectivity index (χ2v) is 22.7. The summed E-state index contributed by atoms with van der Waals surface area (Å²) in [4.78, 5) is 22.5. The molecule has 5 nitrogen and oxygen atoms in total. The fourth-order valence-corrected chi connectivity index (χ4v) is 26.4. The first-order chi connectivity index (χ1) is 15.9. The zero-order valence-corrected chi connectivity index (χ0v) is 23.1. The van der Waals surface area contributed by atoms with Crippen molar-refractivity contribution in [3.8, 4) is 5.75 Å². The van der Waals surface area contributed by atoms with Crippen molar-refractivity contribution in [1.29, 1.82) is 0 Å². The van der Waals surface area contributed by atoms with E-state index in [-0.39, 0.29) is 11.7 Å². The van der Waals surface area contributed by atoms with E-state index in [1.807, 2.05) is 6.07 Å². The Hall–Kier alpha value is -1.24. The van der Waals surface area contributed by atoms with Crippen LogP contribution in [0.4, 0.5) is 0 Å². The van der Waals surface area contributed by atoms with Crippen LogP contribution in [0.2, 0.25) is 11.8 Å². The maximum atomic E-state index is 13.5. The van der Waals surface area contributed by atoms with Gasteiger partial charge in [-0.15, -0.1) is 0 Å². The van der Waals surface area contributed by atoms with E-state index in [4.69, 9.17) is 13.0 Å². The van der Waals surface area contributed by atoms with Crippen molar-refractivity contribution in [2.45, 2.75) is 115 Å². The molecule has 0 bridgehead atoms. The SMILES string of the molecule is CC(=O)O.O=C([O][Sn]([CH]1CCCCC1)([CH]1CCCCC1)[CH]1CCCCC1)c1ccccc1O. The van der Waals surface area contributed by atoms with Gasteiger partial charge in [0.05, 0.1) is 0 Å². The minimum absolute atomic E-state index is 0.0774. The summed E-state index contributed by atoms with van der Waals surface area (Å²) in [5.41, 5.74) is 0.385. The zero-order chi connectivity index (χ0) is 23.7. The molecule has 0 aliphatic heterocycles. The van der Waals surface area contributed by atoms with Crippen molar-refractivity contribution in [3.63, 3.8) is 0 Å². The Morgan fingerprint density at radius 1 is 0.758 bits per heavy atom. The average molecular weight is 565 g/mol. The number of hydrogen-bond donors (Lipinski definition) is 2. The number of benzene rings is 1. The molecule has 0 spiro atoms. The van der Waals surface area contributed by atoms with E-state index in [0.717, 1.165) is 6.92 Å². The summed E-state index contributed by atoms with van der Waals surface area (Å²) < 4.78 is 9.02. The van der Waals surface area contributed by atoms with Crippen LogP contribution < -0.4 is 0 Å². The van der Waals surface area contributed by atoms with Crippen LogP contribution in [-0.2, 0) is 7.87 Å². The van der Waals surface area contributed by atoms with Crippen LogP contribution in [0.25, 0.3) is 0 Å². The standard InChI is InChI=1S/C7H6O3.3C6H11.C2H4O2.Sn/c8-6-4-2-1-3-5(6)7(9)10;3*1-2-4-6-5-3-1;1-2(3)4;/h1-4,8H,(H,9,10);3*1H,2-6H2;1H3,(H,3,4);/q;;;;;+1/p-1. The fourth-order valence-electron chi connectivity index (χ4n) is 6.77. The molecule has 1 aromatic rings. The van der Waals surface area contributed by atoms with E-state index in [2.05, 4.69) is 0 Å². The van der Waals surface area contributed by atoms with Gasteiger partial charge in [-0.2, -0.15) is 0 Å². The molecule has 3 aliphatic carbocycles. The predicted octanol–water partition coefficient (Wildman–Crippen LogP) is 7.59. The molecule has 2 N–H and O–H groups in total. The number of aromatic hydroxyl groups is 1. The van der Waals surface area contributed by atoms with Crippen LogP contribution in [0.5, 0.6) is 5.75 Å². The van der Waals surface area contributed by atoms with Gasteiger partial charge < -0.3 is 5.11 Å². The van der Waals surface area contributed by atoms with Crippen molar-refractivity contribution in [3.05, 3.63) is 29.8 Å². The number of carbonyl (C=O) groups is 2. The van der Waals surface area contributed by atoms with Gasteiger partial charge >= 0.3 is 181 Å². The summed E-state index contributed by atoms with van der Waals surface area (Å²) in [6.45, 7) is 1.08. The summed E-state index contributed by atoms with van der Waals surface area (Å²) in [7, 11) is 0. The molecule has 3 saturated carbocycles. The molecule has 4 rings (SSSR count). The minimum atomic E-state index is -3.34. The van der Waals surface area contributed by atoms with Crippen molar-refractivity contribution in [1.82, 2.24) is 0 Å². The molecule has 0 aromatic heterocycles. The Labute approximate surface area is 203 Å². The van der Waals surface area contributed by atoms with Crippen molar-refractivity contribution < 1.29 is 22.9 Å². The molecule has 33 heavy (non-hydrogen) atoms. The van der Waals surface area contributed by atoms with Gasteiger partial charge in [-0.3, -0.25) is 4.79 Å². The fraction of sp³-hybridized carbons (Fsp3) is 0.704. The second-order valence-electron chi connectivity index (χ2n) is 10.3.